The lowest BCUT2D eigenvalue weighted by Gasteiger charge is -2.42. The lowest BCUT2D eigenvalue weighted by Crippen LogP contribution is -2.40. The summed E-state index contributed by atoms with van der Waals surface area (Å²) in [7, 11) is -3.06. The molecule has 2 fully saturated rings. The van der Waals surface area contributed by atoms with Crippen molar-refractivity contribution in [2.24, 2.45) is 10.8 Å². The molecule has 1 aliphatic heterocycles. The number of halogens is 1. The average Bonchev–Trinajstić information content (AvgIpc) is 2.61. The van der Waals surface area contributed by atoms with Crippen LogP contribution in [0.5, 0.6) is 0 Å². The molecule has 0 bridgehead atoms. The standard InChI is InChI=1S/C11H15ClO2S/c12-9-11-6-2-1-4-10(11,5-3-7-11)8-15(9,13)14/h1-2,9H,3-8H2. The van der Waals surface area contributed by atoms with Crippen molar-refractivity contribution in [2.45, 2.75) is 36.8 Å². The summed E-state index contributed by atoms with van der Waals surface area (Å²) in [5.41, 5.74) is -0.158. The van der Waals surface area contributed by atoms with Gasteiger partial charge in [-0.3, -0.25) is 0 Å². The van der Waals surface area contributed by atoms with Gasteiger partial charge in [0.1, 0.15) is 4.71 Å². The summed E-state index contributed by atoms with van der Waals surface area (Å²) in [5, 5.41) is 0. The van der Waals surface area contributed by atoms with Crippen LogP contribution in [-0.2, 0) is 9.84 Å². The Morgan fingerprint density at radius 1 is 1.20 bits per heavy atom. The number of sulfone groups is 1. The fourth-order valence-electron chi connectivity index (χ4n) is 4.01. The highest BCUT2D eigenvalue weighted by Gasteiger charge is 2.67. The first-order chi connectivity index (χ1) is 7.03. The second-order valence-corrected chi connectivity index (χ2v) is 8.07. The van der Waals surface area contributed by atoms with E-state index in [0.717, 1.165) is 32.1 Å². The molecule has 3 rings (SSSR count). The van der Waals surface area contributed by atoms with Crippen LogP contribution in [0.25, 0.3) is 0 Å². The molecule has 1 heterocycles. The monoisotopic (exact) mass is 246 g/mol. The smallest absolute Gasteiger partial charge is 0.168 e. The van der Waals surface area contributed by atoms with E-state index in [1.165, 1.54) is 0 Å². The van der Waals surface area contributed by atoms with E-state index in [2.05, 4.69) is 12.2 Å². The second-order valence-electron chi connectivity index (χ2n) is 5.29. The predicted molar refractivity (Wildman–Crippen MR) is 60.5 cm³/mol. The number of allylic oxidation sites excluding steroid dienone is 2. The molecule has 15 heavy (non-hydrogen) atoms. The lowest BCUT2D eigenvalue weighted by atomic mass is 9.62. The summed E-state index contributed by atoms with van der Waals surface area (Å²) in [6.07, 6.45) is 9.22. The molecule has 2 aliphatic carbocycles. The van der Waals surface area contributed by atoms with Crippen molar-refractivity contribution >= 4 is 21.4 Å². The van der Waals surface area contributed by atoms with Gasteiger partial charge in [-0.25, -0.2) is 8.42 Å². The van der Waals surface area contributed by atoms with Crippen LogP contribution >= 0.6 is 11.6 Å². The van der Waals surface area contributed by atoms with Crippen molar-refractivity contribution < 1.29 is 8.42 Å². The normalized spacial score (nSPS) is 51.4. The van der Waals surface area contributed by atoms with Crippen LogP contribution in [0.3, 0.4) is 0 Å². The molecule has 3 unspecified atom stereocenters. The zero-order chi connectivity index (χ0) is 10.7. The van der Waals surface area contributed by atoms with Gasteiger partial charge in [0.25, 0.3) is 0 Å². The quantitative estimate of drug-likeness (QED) is 0.486. The second kappa shape index (κ2) is 2.80. The lowest BCUT2D eigenvalue weighted by molar-refractivity contribution is 0.122. The van der Waals surface area contributed by atoms with E-state index in [1.54, 1.807) is 0 Å². The van der Waals surface area contributed by atoms with Crippen LogP contribution in [0.4, 0.5) is 0 Å². The fraction of sp³-hybridized carbons (Fsp3) is 0.818. The highest BCUT2D eigenvalue weighted by molar-refractivity contribution is 7.93. The van der Waals surface area contributed by atoms with Crippen molar-refractivity contribution in [3.63, 3.8) is 0 Å². The van der Waals surface area contributed by atoms with E-state index in [-0.39, 0.29) is 10.8 Å². The van der Waals surface area contributed by atoms with Gasteiger partial charge in [0.15, 0.2) is 9.84 Å². The van der Waals surface area contributed by atoms with Gasteiger partial charge < -0.3 is 0 Å². The van der Waals surface area contributed by atoms with Gasteiger partial charge in [-0.1, -0.05) is 18.6 Å². The Kier molecular flexibility index (Phi) is 1.90. The first-order valence-corrected chi connectivity index (χ1v) is 7.68. The molecular formula is C11H15ClO2S. The molecule has 0 amide bonds. The largest absolute Gasteiger partial charge is 0.227 e. The van der Waals surface area contributed by atoms with Crippen molar-refractivity contribution in [3.8, 4) is 0 Å². The summed E-state index contributed by atoms with van der Waals surface area (Å²) >= 11 is 6.24. The molecule has 4 heteroatoms. The molecule has 3 atom stereocenters. The third-order valence-corrected chi connectivity index (χ3v) is 7.99. The summed E-state index contributed by atoms with van der Waals surface area (Å²) in [4.78, 5) is 0. The molecule has 0 radical (unpaired) electrons. The van der Waals surface area contributed by atoms with Crippen molar-refractivity contribution in [3.05, 3.63) is 12.2 Å². The van der Waals surface area contributed by atoms with Gasteiger partial charge in [-0.2, -0.15) is 0 Å². The number of hydrogen-bond donors (Lipinski definition) is 0. The fourth-order valence-corrected chi connectivity index (χ4v) is 7.24. The Bertz CT molecular complexity index is 428. The van der Waals surface area contributed by atoms with Crippen LogP contribution in [0, 0.1) is 10.8 Å². The predicted octanol–water partition coefficient (Wildman–Crippen LogP) is 2.49. The van der Waals surface area contributed by atoms with E-state index in [9.17, 15) is 8.42 Å². The van der Waals surface area contributed by atoms with Crippen LogP contribution in [0.15, 0.2) is 12.2 Å². The Balaban J connectivity index is 2.19. The third-order valence-electron chi connectivity index (χ3n) is 4.72. The summed E-state index contributed by atoms with van der Waals surface area (Å²) < 4.78 is 23.3. The maximum atomic E-state index is 12.0. The molecule has 0 aromatic heterocycles. The van der Waals surface area contributed by atoms with E-state index in [0.29, 0.717) is 5.75 Å². The minimum absolute atomic E-state index is 0.0208. The summed E-state index contributed by atoms with van der Waals surface area (Å²) in [6, 6.07) is 0. The average molecular weight is 247 g/mol. The maximum Gasteiger partial charge on any atom is 0.168 e. The number of rotatable bonds is 0. The zero-order valence-electron chi connectivity index (χ0n) is 8.58. The molecule has 0 spiro atoms. The molecule has 0 aromatic carbocycles. The highest BCUT2D eigenvalue weighted by Crippen LogP contribution is 2.67. The maximum absolute atomic E-state index is 12.0. The SMILES string of the molecule is O=S1(=O)CC23CC=CCC2(CCC3)C1Cl. The van der Waals surface area contributed by atoms with Crippen LogP contribution in [0.2, 0.25) is 0 Å². The van der Waals surface area contributed by atoms with E-state index >= 15 is 0 Å². The number of alkyl halides is 1. The van der Waals surface area contributed by atoms with Gasteiger partial charge in [-0.15, -0.1) is 11.6 Å². The van der Waals surface area contributed by atoms with Gasteiger partial charge in [-0.05, 0) is 31.1 Å². The third kappa shape index (κ3) is 1.04. The van der Waals surface area contributed by atoms with Gasteiger partial charge in [0.2, 0.25) is 0 Å². The molecule has 1 saturated carbocycles. The number of hydrogen-bond acceptors (Lipinski definition) is 2. The van der Waals surface area contributed by atoms with E-state index < -0.39 is 14.5 Å². The van der Waals surface area contributed by atoms with E-state index in [1.807, 2.05) is 0 Å². The first kappa shape index (κ1) is 10.2. The van der Waals surface area contributed by atoms with Crippen molar-refractivity contribution in [1.29, 1.82) is 0 Å². The summed E-state index contributed by atoms with van der Waals surface area (Å²) in [5.74, 6) is 0.318. The Morgan fingerprint density at radius 2 is 1.93 bits per heavy atom. The molecule has 84 valence electrons. The van der Waals surface area contributed by atoms with Gasteiger partial charge in [0, 0.05) is 5.41 Å². The van der Waals surface area contributed by atoms with E-state index in [4.69, 9.17) is 11.6 Å². The van der Waals surface area contributed by atoms with Crippen LogP contribution < -0.4 is 0 Å². The Morgan fingerprint density at radius 3 is 2.67 bits per heavy atom. The van der Waals surface area contributed by atoms with Crippen LogP contribution in [0.1, 0.15) is 32.1 Å². The molecule has 0 N–H and O–H groups in total. The van der Waals surface area contributed by atoms with Crippen molar-refractivity contribution in [1.82, 2.24) is 0 Å². The minimum Gasteiger partial charge on any atom is -0.227 e. The molecule has 2 nitrogen and oxygen atoms in total. The topological polar surface area (TPSA) is 34.1 Å². The summed E-state index contributed by atoms with van der Waals surface area (Å²) in [6.45, 7) is 0. The molecule has 0 aromatic rings. The van der Waals surface area contributed by atoms with Crippen molar-refractivity contribution in [2.75, 3.05) is 5.75 Å². The zero-order valence-corrected chi connectivity index (χ0v) is 10.1. The highest BCUT2D eigenvalue weighted by atomic mass is 35.5. The van der Waals surface area contributed by atoms with Gasteiger partial charge >= 0.3 is 0 Å². The molecule has 3 aliphatic rings. The van der Waals surface area contributed by atoms with Gasteiger partial charge in [0.05, 0.1) is 5.75 Å². The molecule has 1 saturated heterocycles. The first-order valence-electron chi connectivity index (χ1n) is 5.53. The Labute approximate surface area is 95.6 Å². The molecular weight excluding hydrogens is 232 g/mol. The Hall–Kier alpha value is -0.0200. The minimum atomic E-state index is -3.06. The van der Waals surface area contributed by atoms with Crippen LogP contribution in [-0.4, -0.2) is 18.9 Å².